The largest absolute Gasteiger partial charge is 0.397 e. The Kier molecular flexibility index (Phi) is 3.89. The third-order valence-corrected chi connectivity index (χ3v) is 2.56. The molecule has 0 saturated carbocycles. The molecular formula is C14H22F2N2. The number of hydrogen-bond acceptors (Lipinski definition) is 2. The standard InChI is InChI=1S/C14H22F2N2/c1-13(2,3)8-14(4,5)18-12-10(17)7-6-9(15)11(12)16/h6-7,18H,8,17H2,1-5H3. The van der Waals surface area contributed by atoms with Gasteiger partial charge in [-0.2, -0.15) is 0 Å². The maximum Gasteiger partial charge on any atom is 0.183 e. The molecule has 0 fully saturated rings. The summed E-state index contributed by atoms with van der Waals surface area (Å²) in [5.41, 5.74) is 5.66. The molecule has 0 aliphatic rings. The Morgan fingerprint density at radius 1 is 1.11 bits per heavy atom. The number of hydrogen-bond donors (Lipinski definition) is 2. The SMILES string of the molecule is CC(C)(C)CC(C)(C)Nc1c(N)ccc(F)c1F. The summed E-state index contributed by atoms with van der Waals surface area (Å²) in [6.45, 7) is 10.2. The van der Waals surface area contributed by atoms with Gasteiger partial charge in [-0.3, -0.25) is 0 Å². The van der Waals surface area contributed by atoms with Gasteiger partial charge in [-0.1, -0.05) is 20.8 Å². The molecule has 0 aliphatic heterocycles. The van der Waals surface area contributed by atoms with Gasteiger partial charge in [0, 0.05) is 5.54 Å². The number of rotatable bonds is 3. The third kappa shape index (κ3) is 3.86. The van der Waals surface area contributed by atoms with E-state index < -0.39 is 11.6 Å². The number of nitrogens with one attached hydrogen (secondary N) is 1. The van der Waals surface area contributed by atoms with E-state index in [1.807, 2.05) is 13.8 Å². The average Bonchev–Trinajstić information content (AvgIpc) is 2.15. The minimum Gasteiger partial charge on any atom is -0.397 e. The molecule has 0 aromatic heterocycles. The average molecular weight is 256 g/mol. The van der Waals surface area contributed by atoms with Gasteiger partial charge in [0.2, 0.25) is 0 Å². The van der Waals surface area contributed by atoms with Crippen molar-refractivity contribution in [1.29, 1.82) is 0 Å². The van der Waals surface area contributed by atoms with Gasteiger partial charge in [0.25, 0.3) is 0 Å². The van der Waals surface area contributed by atoms with E-state index in [1.165, 1.54) is 6.07 Å². The highest BCUT2D eigenvalue weighted by atomic mass is 19.2. The zero-order chi connectivity index (χ0) is 14.1. The van der Waals surface area contributed by atoms with Gasteiger partial charge < -0.3 is 11.1 Å². The quantitative estimate of drug-likeness (QED) is 0.796. The van der Waals surface area contributed by atoms with Crippen LogP contribution in [0.1, 0.15) is 41.0 Å². The predicted molar refractivity (Wildman–Crippen MR) is 72.5 cm³/mol. The Hall–Kier alpha value is -1.32. The van der Waals surface area contributed by atoms with E-state index >= 15 is 0 Å². The molecule has 102 valence electrons. The molecule has 18 heavy (non-hydrogen) atoms. The lowest BCUT2D eigenvalue weighted by Gasteiger charge is -2.34. The number of nitrogens with two attached hydrogens (primary N) is 1. The maximum absolute atomic E-state index is 13.7. The normalized spacial score (nSPS) is 12.6. The zero-order valence-corrected chi connectivity index (χ0v) is 11.7. The molecule has 0 heterocycles. The van der Waals surface area contributed by atoms with Gasteiger partial charge in [-0.05, 0) is 37.8 Å². The predicted octanol–water partition coefficient (Wildman–Crippen LogP) is 4.17. The van der Waals surface area contributed by atoms with Crippen LogP contribution in [-0.4, -0.2) is 5.54 Å². The molecule has 0 unspecified atom stereocenters. The fourth-order valence-electron chi connectivity index (χ4n) is 2.40. The van der Waals surface area contributed by atoms with E-state index in [0.29, 0.717) is 0 Å². The third-order valence-electron chi connectivity index (χ3n) is 2.56. The van der Waals surface area contributed by atoms with E-state index in [9.17, 15) is 8.78 Å². The monoisotopic (exact) mass is 256 g/mol. The summed E-state index contributed by atoms with van der Waals surface area (Å²) >= 11 is 0. The molecule has 3 N–H and O–H groups in total. The molecule has 0 bridgehead atoms. The fourth-order valence-corrected chi connectivity index (χ4v) is 2.40. The molecule has 0 atom stereocenters. The van der Waals surface area contributed by atoms with Crippen LogP contribution in [-0.2, 0) is 0 Å². The molecule has 1 rings (SSSR count). The molecule has 0 amide bonds. The van der Waals surface area contributed by atoms with Crippen molar-refractivity contribution in [3.8, 4) is 0 Å². The van der Waals surface area contributed by atoms with Crippen LogP contribution < -0.4 is 11.1 Å². The molecule has 0 aliphatic carbocycles. The van der Waals surface area contributed by atoms with Crippen molar-refractivity contribution in [2.75, 3.05) is 11.1 Å². The molecule has 4 heteroatoms. The minimum atomic E-state index is -0.919. The van der Waals surface area contributed by atoms with Crippen molar-refractivity contribution in [2.24, 2.45) is 5.41 Å². The van der Waals surface area contributed by atoms with Gasteiger partial charge in [-0.15, -0.1) is 0 Å². The number of halogens is 2. The second kappa shape index (κ2) is 4.75. The summed E-state index contributed by atoms with van der Waals surface area (Å²) in [6, 6.07) is 2.40. The first kappa shape index (κ1) is 14.7. The van der Waals surface area contributed by atoms with Crippen LogP contribution in [0.15, 0.2) is 12.1 Å². The minimum absolute atomic E-state index is 0.0456. The van der Waals surface area contributed by atoms with Crippen LogP contribution >= 0.6 is 0 Å². The summed E-state index contributed by atoms with van der Waals surface area (Å²) < 4.78 is 26.9. The van der Waals surface area contributed by atoms with Gasteiger partial charge in [0.1, 0.15) is 0 Å². The van der Waals surface area contributed by atoms with Crippen LogP contribution in [0.3, 0.4) is 0 Å². The van der Waals surface area contributed by atoms with Crippen LogP contribution in [0.4, 0.5) is 20.2 Å². The molecule has 1 aromatic carbocycles. The summed E-state index contributed by atoms with van der Waals surface area (Å²) in [6.07, 6.45) is 0.801. The van der Waals surface area contributed by atoms with Crippen LogP contribution in [0.5, 0.6) is 0 Å². The lowest BCUT2D eigenvalue weighted by molar-refractivity contribution is 0.301. The van der Waals surface area contributed by atoms with Crippen molar-refractivity contribution >= 4 is 11.4 Å². The Bertz CT molecular complexity index is 434. The van der Waals surface area contributed by atoms with Gasteiger partial charge in [-0.25, -0.2) is 8.78 Å². The van der Waals surface area contributed by atoms with E-state index in [-0.39, 0.29) is 22.3 Å². The second-order valence-corrected chi connectivity index (χ2v) is 6.57. The maximum atomic E-state index is 13.7. The highest BCUT2D eigenvalue weighted by molar-refractivity contribution is 5.67. The Morgan fingerprint density at radius 3 is 2.17 bits per heavy atom. The first-order valence-corrected chi connectivity index (χ1v) is 6.03. The Labute approximate surface area is 108 Å². The van der Waals surface area contributed by atoms with Crippen molar-refractivity contribution < 1.29 is 8.78 Å². The molecule has 0 radical (unpaired) electrons. The Balaban J connectivity index is 3.01. The van der Waals surface area contributed by atoms with Gasteiger partial charge >= 0.3 is 0 Å². The summed E-state index contributed by atoms with van der Waals surface area (Å²) in [5, 5.41) is 3.01. The number of anilines is 2. The number of nitrogen functional groups attached to an aromatic ring is 1. The van der Waals surface area contributed by atoms with Crippen molar-refractivity contribution in [2.45, 2.75) is 46.6 Å². The van der Waals surface area contributed by atoms with Crippen LogP contribution in [0.25, 0.3) is 0 Å². The number of benzene rings is 1. The lowest BCUT2D eigenvalue weighted by atomic mass is 9.81. The summed E-state index contributed by atoms with van der Waals surface area (Å²) in [5.74, 6) is -1.81. The van der Waals surface area contributed by atoms with Crippen LogP contribution in [0, 0.1) is 17.0 Å². The first-order valence-electron chi connectivity index (χ1n) is 6.03. The van der Waals surface area contributed by atoms with E-state index in [4.69, 9.17) is 5.73 Å². The smallest absolute Gasteiger partial charge is 0.183 e. The topological polar surface area (TPSA) is 38.0 Å². The highest BCUT2D eigenvalue weighted by Gasteiger charge is 2.27. The first-order chi connectivity index (χ1) is 8.02. The van der Waals surface area contributed by atoms with Gasteiger partial charge in [0.15, 0.2) is 11.6 Å². The highest BCUT2D eigenvalue weighted by Crippen LogP contribution is 2.33. The summed E-state index contributed by atoms with van der Waals surface area (Å²) in [4.78, 5) is 0. The van der Waals surface area contributed by atoms with Crippen LogP contribution in [0.2, 0.25) is 0 Å². The summed E-state index contributed by atoms with van der Waals surface area (Å²) in [7, 11) is 0. The van der Waals surface area contributed by atoms with Crippen molar-refractivity contribution in [1.82, 2.24) is 0 Å². The molecule has 0 saturated heterocycles. The lowest BCUT2D eigenvalue weighted by Crippen LogP contribution is -2.36. The van der Waals surface area contributed by atoms with E-state index in [1.54, 1.807) is 0 Å². The fraction of sp³-hybridized carbons (Fsp3) is 0.571. The van der Waals surface area contributed by atoms with Crippen molar-refractivity contribution in [3.05, 3.63) is 23.8 Å². The molecule has 0 spiro atoms. The molecular weight excluding hydrogens is 234 g/mol. The van der Waals surface area contributed by atoms with Gasteiger partial charge in [0.05, 0.1) is 11.4 Å². The van der Waals surface area contributed by atoms with E-state index in [2.05, 4.69) is 26.1 Å². The molecule has 1 aromatic rings. The molecule has 2 nitrogen and oxygen atoms in total. The zero-order valence-electron chi connectivity index (χ0n) is 11.7. The second-order valence-electron chi connectivity index (χ2n) is 6.57. The Morgan fingerprint density at radius 2 is 1.67 bits per heavy atom. The van der Waals surface area contributed by atoms with E-state index in [0.717, 1.165) is 12.5 Å². The van der Waals surface area contributed by atoms with Crippen molar-refractivity contribution in [3.63, 3.8) is 0 Å².